The van der Waals surface area contributed by atoms with Crippen molar-refractivity contribution in [1.29, 1.82) is 0 Å². The van der Waals surface area contributed by atoms with Gasteiger partial charge in [-0.1, -0.05) is 5.16 Å². The highest BCUT2D eigenvalue weighted by atomic mass is 19.1. The van der Waals surface area contributed by atoms with Gasteiger partial charge in [-0.05, 0) is 42.5 Å². The molecule has 3 rings (SSSR count). The van der Waals surface area contributed by atoms with Crippen LogP contribution in [0.4, 0.5) is 10.1 Å². The van der Waals surface area contributed by atoms with Gasteiger partial charge in [-0.15, -0.1) is 0 Å². The number of hydrogen-bond acceptors (Lipinski definition) is 5. The number of methoxy groups -OCH3 is 1. The van der Waals surface area contributed by atoms with Crippen LogP contribution in [-0.2, 0) is 0 Å². The molecule has 3 aromatic rings. The molecule has 0 spiro atoms. The monoisotopic (exact) mass is 285 g/mol. The first kappa shape index (κ1) is 13.1. The first-order chi connectivity index (χ1) is 10.2. The van der Waals surface area contributed by atoms with Crippen molar-refractivity contribution >= 4 is 5.69 Å². The lowest BCUT2D eigenvalue weighted by atomic mass is 10.2. The second-order valence-electron chi connectivity index (χ2n) is 4.39. The molecule has 0 fully saturated rings. The lowest BCUT2D eigenvalue weighted by Crippen LogP contribution is -1.93. The van der Waals surface area contributed by atoms with Gasteiger partial charge < -0.3 is 15.0 Å². The van der Waals surface area contributed by atoms with Crippen LogP contribution in [0.25, 0.3) is 22.8 Å². The maximum atomic E-state index is 12.9. The molecular formula is C15H12FN3O2. The van der Waals surface area contributed by atoms with E-state index >= 15 is 0 Å². The molecule has 0 aliphatic rings. The fourth-order valence-corrected chi connectivity index (χ4v) is 1.92. The third-order valence-corrected chi connectivity index (χ3v) is 3.01. The average molecular weight is 285 g/mol. The highest BCUT2D eigenvalue weighted by Gasteiger charge is 2.12. The summed E-state index contributed by atoms with van der Waals surface area (Å²) < 4.78 is 23.2. The summed E-state index contributed by atoms with van der Waals surface area (Å²) in [5.74, 6) is 0.991. The first-order valence-corrected chi connectivity index (χ1v) is 6.21. The van der Waals surface area contributed by atoms with Gasteiger partial charge in [0.2, 0.25) is 5.82 Å². The smallest absolute Gasteiger partial charge is 0.258 e. The lowest BCUT2D eigenvalue weighted by molar-refractivity contribution is 0.417. The number of nitrogens with zero attached hydrogens (tertiary/aromatic N) is 2. The van der Waals surface area contributed by atoms with E-state index < -0.39 is 0 Å². The highest BCUT2D eigenvalue weighted by Crippen LogP contribution is 2.28. The summed E-state index contributed by atoms with van der Waals surface area (Å²) in [5.41, 5.74) is 7.70. The Kier molecular flexibility index (Phi) is 3.27. The van der Waals surface area contributed by atoms with Gasteiger partial charge in [0, 0.05) is 11.1 Å². The largest absolute Gasteiger partial charge is 0.495 e. The predicted octanol–water partition coefficient (Wildman–Crippen LogP) is 3.13. The van der Waals surface area contributed by atoms with Gasteiger partial charge in [0.05, 0.1) is 12.8 Å². The predicted molar refractivity (Wildman–Crippen MR) is 76.1 cm³/mol. The topological polar surface area (TPSA) is 74.2 Å². The molecule has 0 saturated carbocycles. The van der Waals surface area contributed by atoms with E-state index in [0.29, 0.717) is 34.3 Å². The molecule has 5 nitrogen and oxygen atoms in total. The van der Waals surface area contributed by atoms with E-state index in [0.717, 1.165) is 0 Å². The van der Waals surface area contributed by atoms with E-state index in [2.05, 4.69) is 10.1 Å². The van der Waals surface area contributed by atoms with E-state index in [1.54, 1.807) is 37.4 Å². The number of halogens is 1. The number of nitrogens with two attached hydrogens (primary N) is 1. The fraction of sp³-hybridized carbons (Fsp3) is 0.0667. The third-order valence-electron chi connectivity index (χ3n) is 3.01. The fourth-order valence-electron chi connectivity index (χ4n) is 1.92. The molecule has 0 bridgehead atoms. The van der Waals surface area contributed by atoms with E-state index in [-0.39, 0.29) is 5.82 Å². The molecule has 21 heavy (non-hydrogen) atoms. The van der Waals surface area contributed by atoms with Crippen LogP contribution in [0.1, 0.15) is 0 Å². The number of ether oxygens (including phenoxy) is 1. The van der Waals surface area contributed by atoms with Crippen molar-refractivity contribution in [2.75, 3.05) is 12.8 Å². The number of aromatic nitrogens is 2. The van der Waals surface area contributed by atoms with Gasteiger partial charge in [0.25, 0.3) is 5.89 Å². The number of benzene rings is 2. The Labute approximate surface area is 120 Å². The Morgan fingerprint density at radius 3 is 2.48 bits per heavy atom. The summed E-state index contributed by atoms with van der Waals surface area (Å²) in [7, 11) is 1.55. The van der Waals surface area contributed by atoms with Crippen LogP contribution in [0, 0.1) is 5.82 Å². The van der Waals surface area contributed by atoms with E-state index in [1.807, 2.05) is 0 Å². The molecule has 1 heterocycles. The summed E-state index contributed by atoms with van der Waals surface area (Å²) in [5, 5.41) is 3.91. The minimum Gasteiger partial charge on any atom is -0.495 e. The van der Waals surface area contributed by atoms with Crippen LogP contribution in [0.2, 0.25) is 0 Å². The van der Waals surface area contributed by atoms with Crippen molar-refractivity contribution in [2.24, 2.45) is 0 Å². The number of anilines is 1. The Hall–Kier alpha value is -2.89. The zero-order valence-corrected chi connectivity index (χ0v) is 11.2. The number of rotatable bonds is 3. The van der Waals surface area contributed by atoms with Crippen LogP contribution in [-0.4, -0.2) is 17.3 Å². The van der Waals surface area contributed by atoms with Crippen molar-refractivity contribution in [1.82, 2.24) is 10.1 Å². The molecule has 0 amide bonds. The van der Waals surface area contributed by atoms with Crippen molar-refractivity contribution in [3.05, 3.63) is 48.3 Å². The van der Waals surface area contributed by atoms with Gasteiger partial charge in [-0.3, -0.25) is 0 Å². The molecule has 0 aliphatic heterocycles. The normalized spacial score (nSPS) is 10.6. The lowest BCUT2D eigenvalue weighted by Gasteiger charge is -2.04. The third kappa shape index (κ3) is 2.55. The van der Waals surface area contributed by atoms with Crippen molar-refractivity contribution in [2.45, 2.75) is 0 Å². The quantitative estimate of drug-likeness (QED) is 0.748. The minimum absolute atomic E-state index is 0.318. The molecule has 6 heteroatoms. The summed E-state index contributed by atoms with van der Waals surface area (Å²) in [6.45, 7) is 0. The highest BCUT2D eigenvalue weighted by molar-refractivity contribution is 5.67. The van der Waals surface area contributed by atoms with Gasteiger partial charge in [-0.25, -0.2) is 4.39 Å². The zero-order chi connectivity index (χ0) is 14.8. The van der Waals surface area contributed by atoms with Gasteiger partial charge in [-0.2, -0.15) is 4.98 Å². The van der Waals surface area contributed by atoms with Gasteiger partial charge in [0.1, 0.15) is 11.6 Å². The Morgan fingerprint density at radius 2 is 1.81 bits per heavy atom. The second-order valence-corrected chi connectivity index (χ2v) is 4.39. The van der Waals surface area contributed by atoms with Crippen LogP contribution in [0.15, 0.2) is 47.0 Å². The Morgan fingerprint density at radius 1 is 1.10 bits per heavy atom. The summed E-state index contributed by atoms with van der Waals surface area (Å²) >= 11 is 0. The molecule has 0 saturated heterocycles. The Bertz CT molecular complexity index is 769. The molecule has 0 atom stereocenters. The molecular weight excluding hydrogens is 273 g/mol. The van der Waals surface area contributed by atoms with Crippen molar-refractivity contribution in [3.63, 3.8) is 0 Å². The Balaban J connectivity index is 1.94. The zero-order valence-electron chi connectivity index (χ0n) is 11.2. The second kappa shape index (κ2) is 5.24. The minimum atomic E-state index is -0.318. The molecule has 1 aromatic heterocycles. The summed E-state index contributed by atoms with van der Waals surface area (Å²) in [6, 6.07) is 11.1. The maximum Gasteiger partial charge on any atom is 0.258 e. The van der Waals surface area contributed by atoms with Crippen molar-refractivity contribution < 1.29 is 13.7 Å². The first-order valence-electron chi connectivity index (χ1n) is 6.21. The molecule has 2 N–H and O–H groups in total. The van der Waals surface area contributed by atoms with Gasteiger partial charge in [0.15, 0.2) is 0 Å². The molecule has 0 unspecified atom stereocenters. The van der Waals surface area contributed by atoms with Crippen LogP contribution in [0.5, 0.6) is 5.75 Å². The summed E-state index contributed by atoms with van der Waals surface area (Å²) in [6.07, 6.45) is 0. The number of nitrogen functional groups attached to an aromatic ring is 1. The number of hydrogen-bond donors (Lipinski definition) is 1. The van der Waals surface area contributed by atoms with E-state index in [9.17, 15) is 4.39 Å². The van der Waals surface area contributed by atoms with E-state index in [4.69, 9.17) is 15.0 Å². The van der Waals surface area contributed by atoms with Crippen LogP contribution in [0.3, 0.4) is 0 Å². The van der Waals surface area contributed by atoms with Gasteiger partial charge >= 0.3 is 0 Å². The SMILES string of the molecule is COc1ccc(-c2noc(-c3ccc(F)cc3)n2)cc1N. The molecule has 106 valence electrons. The van der Waals surface area contributed by atoms with Crippen LogP contribution >= 0.6 is 0 Å². The maximum absolute atomic E-state index is 12.9. The molecule has 0 radical (unpaired) electrons. The standard InChI is InChI=1S/C15H12FN3O2/c1-20-13-7-4-10(8-12(13)17)14-18-15(21-19-14)9-2-5-11(16)6-3-9/h2-8H,17H2,1H3. The molecule has 0 aliphatic carbocycles. The molecule has 2 aromatic carbocycles. The van der Waals surface area contributed by atoms with Crippen molar-refractivity contribution in [3.8, 4) is 28.6 Å². The van der Waals surface area contributed by atoms with Crippen LogP contribution < -0.4 is 10.5 Å². The summed E-state index contributed by atoms with van der Waals surface area (Å²) in [4.78, 5) is 4.28. The van der Waals surface area contributed by atoms with E-state index in [1.165, 1.54) is 12.1 Å². The average Bonchev–Trinajstić information content (AvgIpc) is 2.98.